The van der Waals surface area contributed by atoms with Gasteiger partial charge in [-0.2, -0.15) is 0 Å². The van der Waals surface area contributed by atoms with Crippen LogP contribution in [0.4, 0.5) is 20.6 Å². The lowest BCUT2D eigenvalue weighted by Crippen LogP contribution is -2.50. The summed E-state index contributed by atoms with van der Waals surface area (Å²) in [5.41, 5.74) is 1.25. The average molecular weight is 503 g/mol. The first-order valence-corrected chi connectivity index (χ1v) is 11.8. The summed E-state index contributed by atoms with van der Waals surface area (Å²) < 4.78 is 24.4. The molecule has 10 nitrogen and oxygen atoms in total. The minimum absolute atomic E-state index is 0.0845. The van der Waals surface area contributed by atoms with Crippen molar-refractivity contribution in [1.82, 2.24) is 10.2 Å². The molecule has 194 valence electrons. The third-order valence-electron chi connectivity index (χ3n) is 6.44. The first-order chi connectivity index (χ1) is 17.4. The van der Waals surface area contributed by atoms with Gasteiger partial charge in [-0.3, -0.25) is 4.79 Å². The Morgan fingerprint density at radius 2 is 1.78 bits per heavy atom. The summed E-state index contributed by atoms with van der Waals surface area (Å²) in [7, 11) is 1.62. The summed E-state index contributed by atoms with van der Waals surface area (Å²) in [5.74, 6) is 0.112. The maximum absolute atomic E-state index is 13.3. The lowest BCUT2D eigenvalue weighted by Gasteiger charge is -2.37. The summed E-state index contributed by atoms with van der Waals surface area (Å²) in [4.78, 5) is 28.8. The van der Waals surface area contributed by atoms with Crippen LogP contribution in [0, 0.1) is 5.82 Å². The van der Waals surface area contributed by atoms with Crippen molar-refractivity contribution in [2.45, 2.75) is 30.8 Å². The maximum Gasteiger partial charge on any atom is 0.319 e. The summed E-state index contributed by atoms with van der Waals surface area (Å²) in [5, 5.41) is 25.8. The van der Waals surface area contributed by atoms with Crippen molar-refractivity contribution in [3.05, 3.63) is 54.3 Å². The molecule has 4 rings (SSSR count). The number of methoxy groups -OCH3 is 1. The minimum atomic E-state index is -1.26. The van der Waals surface area contributed by atoms with E-state index in [1.54, 1.807) is 12.0 Å². The molecule has 0 aromatic heterocycles. The van der Waals surface area contributed by atoms with Gasteiger partial charge in [0.1, 0.15) is 29.9 Å². The van der Waals surface area contributed by atoms with Crippen molar-refractivity contribution in [3.63, 3.8) is 0 Å². The van der Waals surface area contributed by atoms with Crippen LogP contribution in [0.2, 0.25) is 0 Å². The number of hydrogen-bond acceptors (Lipinski definition) is 7. The number of rotatable bonds is 7. The summed E-state index contributed by atoms with van der Waals surface area (Å²) >= 11 is 0. The number of nitrogens with one attached hydrogen (secondary N) is 2. The zero-order valence-corrected chi connectivity index (χ0v) is 20.0. The third-order valence-corrected chi connectivity index (χ3v) is 6.44. The molecule has 11 heteroatoms. The molecule has 0 unspecified atom stereocenters. The Hall–Kier alpha value is -3.41. The molecule has 0 spiro atoms. The number of carbonyl (C=O) groups is 2. The molecular weight excluding hydrogens is 471 g/mol. The zero-order chi connectivity index (χ0) is 25.7. The number of anilines is 2. The van der Waals surface area contributed by atoms with Crippen molar-refractivity contribution in [3.8, 4) is 5.75 Å². The van der Waals surface area contributed by atoms with Crippen LogP contribution < -0.4 is 20.3 Å². The molecule has 0 bridgehead atoms. The van der Waals surface area contributed by atoms with Gasteiger partial charge in [0.2, 0.25) is 5.91 Å². The highest BCUT2D eigenvalue weighted by molar-refractivity contribution is 5.89. The molecule has 2 heterocycles. The van der Waals surface area contributed by atoms with Gasteiger partial charge in [-0.1, -0.05) is 18.2 Å². The summed E-state index contributed by atoms with van der Waals surface area (Å²) in [6.07, 6.45) is -4.39. The molecule has 4 atom stereocenters. The fourth-order valence-electron chi connectivity index (χ4n) is 4.49. The average Bonchev–Trinajstić information content (AvgIpc) is 3.15. The topological polar surface area (TPSA) is 124 Å². The molecule has 2 aliphatic rings. The first kappa shape index (κ1) is 25.7. The zero-order valence-electron chi connectivity index (χ0n) is 20.0. The van der Waals surface area contributed by atoms with E-state index in [9.17, 15) is 24.2 Å². The Labute approximate surface area is 208 Å². The molecule has 4 N–H and O–H groups in total. The number of aliphatic hydroxyl groups excluding tert-OH is 2. The lowest BCUT2D eigenvalue weighted by atomic mass is 10.0. The smallest absolute Gasteiger partial charge is 0.319 e. The van der Waals surface area contributed by atoms with Gasteiger partial charge in [0, 0.05) is 38.4 Å². The molecule has 3 amide bonds. The van der Waals surface area contributed by atoms with Crippen molar-refractivity contribution in [1.29, 1.82) is 0 Å². The molecular formula is C25H31FN4O6. The van der Waals surface area contributed by atoms with Crippen LogP contribution in [0.5, 0.6) is 5.75 Å². The number of amides is 3. The van der Waals surface area contributed by atoms with Crippen molar-refractivity contribution >= 4 is 23.3 Å². The quantitative estimate of drug-likeness (QED) is 0.448. The van der Waals surface area contributed by atoms with Crippen LogP contribution >= 0.6 is 0 Å². The Kier molecular flexibility index (Phi) is 8.24. The largest absolute Gasteiger partial charge is 0.495 e. The van der Waals surface area contributed by atoms with Crippen LogP contribution in [0.25, 0.3) is 0 Å². The van der Waals surface area contributed by atoms with Crippen molar-refractivity contribution < 1.29 is 33.7 Å². The Morgan fingerprint density at radius 1 is 1.06 bits per heavy atom. The normalized spacial score (nSPS) is 23.9. The Morgan fingerprint density at radius 3 is 2.50 bits per heavy atom. The highest BCUT2D eigenvalue weighted by Crippen LogP contribution is 2.29. The van der Waals surface area contributed by atoms with E-state index in [0.29, 0.717) is 26.2 Å². The lowest BCUT2D eigenvalue weighted by molar-refractivity contribution is -0.135. The van der Waals surface area contributed by atoms with E-state index >= 15 is 0 Å². The highest BCUT2D eigenvalue weighted by atomic mass is 19.1. The number of piperazine rings is 1. The van der Waals surface area contributed by atoms with Crippen LogP contribution in [-0.4, -0.2) is 91.3 Å². The van der Waals surface area contributed by atoms with Gasteiger partial charge in [-0.05, 0) is 30.3 Å². The van der Waals surface area contributed by atoms with E-state index in [0.717, 1.165) is 11.4 Å². The Bertz CT molecular complexity index is 1060. The molecule has 2 aliphatic heterocycles. The number of halogens is 1. The first-order valence-electron chi connectivity index (χ1n) is 11.8. The van der Waals surface area contributed by atoms with Crippen LogP contribution in [0.3, 0.4) is 0 Å². The monoisotopic (exact) mass is 502 g/mol. The number of aliphatic hydroxyl groups is 2. The van der Waals surface area contributed by atoms with Gasteiger partial charge in [-0.25, -0.2) is 9.18 Å². The number of carbonyl (C=O) groups excluding carboxylic acids is 2. The number of hydrogen-bond donors (Lipinski definition) is 4. The molecule has 2 aromatic rings. The second-order valence-corrected chi connectivity index (χ2v) is 8.78. The van der Waals surface area contributed by atoms with Gasteiger partial charge in [-0.15, -0.1) is 0 Å². The molecule has 0 saturated carbocycles. The second-order valence-electron chi connectivity index (χ2n) is 8.78. The van der Waals surface area contributed by atoms with Crippen LogP contribution in [0.15, 0.2) is 48.5 Å². The van der Waals surface area contributed by atoms with Gasteiger partial charge in [0.25, 0.3) is 0 Å². The molecule has 36 heavy (non-hydrogen) atoms. The number of urea groups is 1. The number of para-hydroxylation sites is 2. The number of ether oxygens (including phenoxy) is 2. The van der Waals surface area contributed by atoms with Crippen molar-refractivity contribution in [2.75, 3.05) is 50.1 Å². The van der Waals surface area contributed by atoms with E-state index in [-0.39, 0.29) is 24.6 Å². The van der Waals surface area contributed by atoms with E-state index in [2.05, 4.69) is 15.5 Å². The van der Waals surface area contributed by atoms with E-state index in [1.165, 1.54) is 24.3 Å². The predicted molar refractivity (Wildman–Crippen MR) is 130 cm³/mol. The predicted octanol–water partition coefficient (Wildman–Crippen LogP) is 1.18. The van der Waals surface area contributed by atoms with Crippen molar-refractivity contribution in [2.24, 2.45) is 0 Å². The maximum atomic E-state index is 13.3. The molecule has 2 aromatic carbocycles. The van der Waals surface area contributed by atoms with Gasteiger partial charge in [0.05, 0.1) is 25.3 Å². The minimum Gasteiger partial charge on any atom is -0.495 e. The standard InChI is InChI=1S/C25H31FN4O6/c1-35-19-8-3-2-7-18(19)29-9-11-30(12-10-29)22(31)14-20-23(32)24(33)21(36-20)15-27-25(34)28-17-6-4-5-16(26)13-17/h2-8,13,20-21,23-24,32-33H,9-12,14-15H2,1H3,(H2,27,28,34)/t20-,21+,23-,24+/m0/s1. The fourth-order valence-corrected chi connectivity index (χ4v) is 4.49. The molecule has 0 radical (unpaired) electrons. The fraction of sp³-hybridized carbons (Fsp3) is 0.440. The van der Waals surface area contributed by atoms with Gasteiger partial charge in [0.15, 0.2) is 0 Å². The van der Waals surface area contributed by atoms with E-state index in [4.69, 9.17) is 9.47 Å². The van der Waals surface area contributed by atoms with Crippen LogP contribution in [-0.2, 0) is 9.53 Å². The molecule has 2 saturated heterocycles. The van der Waals surface area contributed by atoms with Gasteiger partial charge >= 0.3 is 6.03 Å². The molecule has 2 fully saturated rings. The Balaban J connectivity index is 1.24. The van der Waals surface area contributed by atoms with Gasteiger partial charge < -0.3 is 40.1 Å². The SMILES string of the molecule is COc1ccccc1N1CCN(C(=O)C[C@@H]2O[C@H](CNC(=O)Nc3cccc(F)c3)[C@@H](O)[C@H]2O)CC1. The molecule has 0 aliphatic carbocycles. The number of benzene rings is 2. The van der Waals surface area contributed by atoms with Crippen LogP contribution in [0.1, 0.15) is 6.42 Å². The summed E-state index contributed by atoms with van der Waals surface area (Å²) in [6, 6.07) is 12.5. The summed E-state index contributed by atoms with van der Waals surface area (Å²) in [6.45, 7) is 2.19. The second kappa shape index (κ2) is 11.5. The number of nitrogens with zero attached hydrogens (tertiary/aromatic N) is 2. The van der Waals surface area contributed by atoms with E-state index in [1.807, 2.05) is 24.3 Å². The highest BCUT2D eigenvalue weighted by Gasteiger charge is 2.44. The van der Waals surface area contributed by atoms with E-state index < -0.39 is 36.3 Å². The third kappa shape index (κ3) is 6.04.